The van der Waals surface area contributed by atoms with Crippen LogP contribution in [-0.2, 0) is 28.6 Å². The summed E-state index contributed by atoms with van der Waals surface area (Å²) in [6.45, 7) is 11.5. The Morgan fingerprint density at radius 1 is 0.313 bits per heavy atom. The van der Waals surface area contributed by atoms with E-state index in [1.165, 1.54) is 231 Å². The third-order valence-corrected chi connectivity index (χ3v) is 14.3. The second kappa shape index (κ2) is 53.8. The first-order valence-corrected chi connectivity index (χ1v) is 30.3. The molecule has 67 heavy (non-hydrogen) atoms. The molecule has 0 aliphatic rings. The molecule has 6 nitrogen and oxygen atoms in total. The van der Waals surface area contributed by atoms with Gasteiger partial charge in [0.25, 0.3) is 0 Å². The molecule has 0 N–H and O–H groups in total. The van der Waals surface area contributed by atoms with E-state index in [0.29, 0.717) is 19.3 Å². The van der Waals surface area contributed by atoms with E-state index < -0.39 is 6.10 Å². The summed E-state index contributed by atoms with van der Waals surface area (Å²) in [7, 11) is 0. The molecule has 0 aliphatic carbocycles. The van der Waals surface area contributed by atoms with Crippen molar-refractivity contribution in [3.05, 3.63) is 0 Å². The van der Waals surface area contributed by atoms with Gasteiger partial charge < -0.3 is 14.2 Å². The van der Waals surface area contributed by atoms with Crippen LogP contribution >= 0.6 is 0 Å². The summed E-state index contributed by atoms with van der Waals surface area (Å²) < 4.78 is 16.9. The SMILES string of the molecule is CCCCCCCCCCCCCC(=O)O[C@H](COC(=O)CCCCCCCCCCCCCCCCCCCCC(C)CC)COC(=O)CCCCCCCCCCCCCCCC(C)C. The zero-order chi connectivity index (χ0) is 48.9. The van der Waals surface area contributed by atoms with Gasteiger partial charge in [-0.25, -0.2) is 0 Å². The Balaban J connectivity index is 4.20. The van der Waals surface area contributed by atoms with Gasteiger partial charge in [0.1, 0.15) is 13.2 Å². The van der Waals surface area contributed by atoms with E-state index in [1.807, 2.05) is 0 Å². The second-order valence-corrected chi connectivity index (χ2v) is 21.7. The number of unbranched alkanes of at least 4 members (excludes halogenated alkanes) is 39. The molecule has 2 atom stereocenters. The first kappa shape index (κ1) is 65.4. The van der Waals surface area contributed by atoms with E-state index in [4.69, 9.17) is 14.2 Å². The zero-order valence-corrected chi connectivity index (χ0v) is 46.0. The molecular weight excluding hydrogens is 829 g/mol. The Kier molecular flexibility index (Phi) is 52.5. The fourth-order valence-corrected chi connectivity index (χ4v) is 9.37. The van der Waals surface area contributed by atoms with Crippen LogP contribution in [0.5, 0.6) is 0 Å². The summed E-state index contributed by atoms with van der Waals surface area (Å²) in [5.74, 6) is 0.912. The molecule has 0 spiro atoms. The van der Waals surface area contributed by atoms with Crippen LogP contribution in [-0.4, -0.2) is 37.2 Å². The number of hydrogen-bond acceptors (Lipinski definition) is 6. The van der Waals surface area contributed by atoms with E-state index in [2.05, 4.69) is 34.6 Å². The largest absolute Gasteiger partial charge is 0.462 e. The van der Waals surface area contributed by atoms with Gasteiger partial charge in [-0.1, -0.05) is 304 Å². The van der Waals surface area contributed by atoms with E-state index >= 15 is 0 Å². The molecule has 0 heterocycles. The molecule has 0 saturated carbocycles. The average Bonchev–Trinajstić information content (AvgIpc) is 3.31. The predicted molar refractivity (Wildman–Crippen MR) is 289 cm³/mol. The minimum Gasteiger partial charge on any atom is -0.462 e. The summed E-state index contributed by atoms with van der Waals surface area (Å²) in [6, 6.07) is 0. The minimum absolute atomic E-state index is 0.0624. The molecule has 0 saturated heterocycles. The summed E-state index contributed by atoms with van der Waals surface area (Å²) in [5.41, 5.74) is 0. The summed E-state index contributed by atoms with van der Waals surface area (Å²) >= 11 is 0. The van der Waals surface area contributed by atoms with Crippen LogP contribution in [0, 0.1) is 11.8 Å². The van der Waals surface area contributed by atoms with Gasteiger partial charge in [0.05, 0.1) is 0 Å². The predicted octanol–water partition coefficient (Wildman–Crippen LogP) is 20.0. The Labute approximate surface area is 418 Å². The van der Waals surface area contributed by atoms with Crippen molar-refractivity contribution in [2.24, 2.45) is 11.8 Å². The lowest BCUT2D eigenvalue weighted by Crippen LogP contribution is -2.30. The first-order chi connectivity index (χ1) is 32.8. The summed E-state index contributed by atoms with van der Waals surface area (Å²) in [4.78, 5) is 38.1. The highest BCUT2D eigenvalue weighted by Gasteiger charge is 2.19. The smallest absolute Gasteiger partial charge is 0.306 e. The molecule has 6 heteroatoms. The van der Waals surface area contributed by atoms with Crippen molar-refractivity contribution in [3.63, 3.8) is 0 Å². The van der Waals surface area contributed by atoms with E-state index in [-0.39, 0.29) is 31.1 Å². The Bertz CT molecular complexity index is 1030. The van der Waals surface area contributed by atoms with Gasteiger partial charge in [-0.05, 0) is 31.1 Å². The van der Waals surface area contributed by atoms with Crippen molar-refractivity contribution >= 4 is 17.9 Å². The summed E-state index contributed by atoms with van der Waals surface area (Å²) in [6.07, 6.45) is 58.1. The third-order valence-electron chi connectivity index (χ3n) is 14.3. The second-order valence-electron chi connectivity index (χ2n) is 21.7. The van der Waals surface area contributed by atoms with Crippen LogP contribution < -0.4 is 0 Å². The molecule has 0 radical (unpaired) electrons. The van der Waals surface area contributed by atoms with Crippen molar-refractivity contribution in [3.8, 4) is 0 Å². The lowest BCUT2D eigenvalue weighted by Gasteiger charge is -2.18. The molecule has 0 bridgehead atoms. The van der Waals surface area contributed by atoms with Gasteiger partial charge in [0.15, 0.2) is 6.10 Å². The number of ether oxygens (including phenoxy) is 3. The van der Waals surface area contributed by atoms with Gasteiger partial charge in [-0.15, -0.1) is 0 Å². The number of carbonyl (C=O) groups excluding carboxylic acids is 3. The molecule has 1 unspecified atom stereocenters. The molecule has 0 amide bonds. The first-order valence-electron chi connectivity index (χ1n) is 30.3. The number of carbonyl (C=O) groups is 3. The maximum absolute atomic E-state index is 12.8. The van der Waals surface area contributed by atoms with E-state index in [9.17, 15) is 14.4 Å². The highest BCUT2D eigenvalue weighted by Crippen LogP contribution is 2.19. The number of rotatable bonds is 55. The average molecular weight is 948 g/mol. The Morgan fingerprint density at radius 3 is 0.851 bits per heavy atom. The van der Waals surface area contributed by atoms with Gasteiger partial charge >= 0.3 is 17.9 Å². The van der Waals surface area contributed by atoms with Crippen LogP contribution in [0.15, 0.2) is 0 Å². The number of hydrogen-bond donors (Lipinski definition) is 0. The molecule has 398 valence electrons. The van der Waals surface area contributed by atoms with Crippen molar-refractivity contribution in [1.82, 2.24) is 0 Å². The molecule has 0 aromatic rings. The minimum atomic E-state index is -0.762. The maximum Gasteiger partial charge on any atom is 0.306 e. The standard InChI is InChI=1S/C61H118O6/c1-6-8-9-10-11-12-24-33-38-43-48-53-61(64)67-58(55-66-60(63)52-47-42-37-32-28-23-19-20-25-29-34-39-44-49-56(3)4)54-65-59(62)51-46-41-36-31-27-22-18-16-14-13-15-17-21-26-30-35-40-45-50-57(5)7-2/h56-58H,6-55H2,1-5H3/t57?,58-/m1/s1. The molecule has 0 fully saturated rings. The Hall–Kier alpha value is -1.59. The van der Waals surface area contributed by atoms with Crippen molar-refractivity contribution < 1.29 is 28.6 Å². The zero-order valence-electron chi connectivity index (χ0n) is 46.0. The van der Waals surface area contributed by atoms with Crippen LogP contribution in [0.3, 0.4) is 0 Å². The quantitative estimate of drug-likeness (QED) is 0.0343. The molecule has 0 aromatic heterocycles. The molecule has 0 aliphatic heterocycles. The third kappa shape index (κ3) is 53.6. The molecule has 0 aromatic carbocycles. The summed E-state index contributed by atoms with van der Waals surface area (Å²) in [5, 5.41) is 0. The van der Waals surface area contributed by atoms with Crippen LogP contribution in [0.4, 0.5) is 0 Å². The monoisotopic (exact) mass is 947 g/mol. The van der Waals surface area contributed by atoms with Crippen molar-refractivity contribution in [2.45, 2.75) is 349 Å². The van der Waals surface area contributed by atoms with Gasteiger partial charge in [-0.3, -0.25) is 14.4 Å². The van der Waals surface area contributed by atoms with Gasteiger partial charge in [0, 0.05) is 19.3 Å². The van der Waals surface area contributed by atoms with Crippen LogP contribution in [0.2, 0.25) is 0 Å². The van der Waals surface area contributed by atoms with Crippen molar-refractivity contribution in [2.75, 3.05) is 13.2 Å². The highest BCUT2D eigenvalue weighted by atomic mass is 16.6. The maximum atomic E-state index is 12.8. The van der Waals surface area contributed by atoms with E-state index in [1.54, 1.807) is 0 Å². The molecular formula is C61H118O6. The molecule has 0 rings (SSSR count). The lowest BCUT2D eigenvalue weighted by molar-refractivity contribution is -0.167. The normalized spacial score (nSPS) is 12.4. The topological polar surface area (TPSA) is 78.9 Å². The fourth-order valence-electron chi connectivity index (χ4n) is 9.37. The van der Waals surface area contributed by atoms with Gasteiger partial charge in [-0.2, -0.15) is 0 Å². The number of esters is 3. The van der Waals surface area contributed by atoms with Gasteiger partial charge in [0.2, 0.25) is 0 Å². The Morgan fingerprint density at radius 2 is 0.567 bits per heavy atom. The highest BCUT2D eigenvalue weighted by molar-refractivity contribution is 5.71. The van der Waals surface area contributed by atoms with Crippen LogP contribution in [0.25, 0.3) is 0 Å². The van der Waals surface area contributed by atoms with Crippen molar-refractivity contribution in [1.29, 1.82) is 0 Å². The van der Waals surface area contributed by atoms with Crippen LogP contribution in [0.1, 0.15) is 343 Å². The van der Waals surface area contributed by atoms with E-state index in [0.717, 1.165) is 69.6 Å². The fraction of sp³-hybridized carbons (Fsp3) is 0.951. The lowest BCUT2D eigenvalue weighted by atomic mass is 9.99.